The van der Waals surface area contributed by atoms with Crippen molar-refractivity contribution in [2.45, 2.75) is 56.8 Å². The van der Waals surface area contributed by atoms with E-state index in [1.165, 1.54) is 112 Å². The highest BCUT2D eigenvalue weighted by molar-refractivity contribution is 6.94. The van der Waals surface area contributed by atoms with Gasteiger partial charge >= 0.3 is 6.85 Å². The van der Waals surface area contributed by atoms with Gasteiger partial charge in [0.1, 0.15) is 11.2 Å². The van der Waals surface area contributed by atoms with Gasteiger partial charge in [-0.2, -0.15) is 0 Å². The van der Waals surface area contributed by atoms with E-state index in [0.29, 0.717) is 0 Å². The topological polar surface area (TPSA) is 19.6 Å². The lowest BCUT2D eigenvalue weighted by Crippen LogP contribution is -2.62. The second-order valence-electron chi connectivity index (χ2n) is 20.6. The van der Waals surface area contributed by atoms with Gasteiger partial charge in [-0.05, 0) is 138 Å². The van der Waals surface area contributed by atoms with E-state index in [4.69, 9.17) is 4.42 Å². The van der Waals surface area contributed by atoms with Crippen molar-refractivity contribution in [3.8, 4) is 22.3 Å². The van der Waals surface area contributed by atoms with Crippen LogP contribution in [0.15, 0.2) is 180 Å². The van der Waals surface area contributed by atoms with Gasteiger partial charge in [0.25, 0.3) is 0 Å². The van der Waals surface area contributed by atoms with Crippen LogP contribution in [0.2, 0.25) is 0 Å². The summed E-state index contributed by atoms with van der Waals surface area (Å²) in [5.41, 5.74) is 23.8. The highest BCUT2D eigenvalue weighted by Crippen LogP contribution is 2.64. The molecular formula is C61H45BN2O. The first kappa shape index (κ1) is 36.1. The van der Waals surface area contributed by atoms with Crippen LogP contribution in [-0.4, -0.2) is 6.85 Å². The van der Waals surface area contributed by atoms with Crippen LogP contribution in [-0.2, 0) is 16.2 Å². The highest BCUT2D eigenvalue weighted by atomic mass is 16.3. The molecule has 0 fully saturated rings. The van der Waals surface area contributed by atoms with E-state index in [1.807, 2.05) is 0 Å². The molecule has 308 valence electrons. The van der Waals surface area contributed by atoms with Crippen LogP contribution in [0.3, 0.4) is 0 Å². The smallest absolute Gasteiger partial charge is 0.333 e. The van der Waals surface area contributed by atoms with E-state index in [2.05, 4.69) is 213 Å². The quantitative estimate of drug-likeness (QED) is 0.154. The normalized spacial score (nSPS) is 17.1. The Morgan fingerprint density at radius 3 is 1.92 bits per heavy atom. The summed E-state index contributed by atoms with van der Waals surface area (Å²) in [5, 5.41) is 4.79. The maximum Gasteiger partial charge on any atom is 0.333 e. The van der Waals surface area contributed by atoms with Crippen LogP contribution in [0.4, 0.5) is 28.4 Å². The first-order valence-corrected chi connectivity index (χ1v) is 23.4. The number of rotatable bonds is 1. The van der Waals surface area contributed by atoms with Gasteiger partial charge in [-0.3, -0.25) is 0 Å². The van der Waals surface area contributed by atoms with Gasteiger partial charge in [-0.25, -0.2) is 0 Å². The summed E-state index contributed by atoms with van der Waals surface area (Å²) >= 11 is 0. The third-order valence-electron chi connectivity index (χ3n) is 16.5. The fourth-order valence-electron chi connectivity index (χ4n) is 13.5. The van der Waals surface area contributed by atoms with Crippen molar-refractivity contribution >= 4 is 78.9 Å². The average Bonchev–Trinajstić information content (AvgIpc) is 3.85. The van der Waals surface area contributed by atoms with E-state index in [9.17, 15) is 0 Å². The van der Waals surface area contributed by atoms with Gasteiger partial charge in [-0.15, -0.1) is 0 Å². The molecule has 9 aromatic carbocycles. The minimum Gasteiger partial charge on any atom is -0.456 e. The van der Waals surface area contributed by atoms with Gasteiger partial charge in [0.05, 0.1) is 11.1 Å². The largest absolute Gasteiger partial charge is 0.456 e. The Bertz CT molecular complexity index is 3730. The Labute approximate surface area is 379 Å². The van der Waals surface area contributed by atoms with Gasteiger partial charge in [0, 0.05) is 39.1 Å². The molecule has 65 heavy (non-hydrogen) atoms. The Hall–Kier alpha value is -7.30. The monoisotopic (exact) mass is 832 g/mol. The molecule has 1 spiro atoms. The standard InChI is InChI=1S/C61H45BN2O/c1-59(2)30-31-60(3,4)49-33-37(28-29-46(49)59)64-52-34-42-41-20-9-14-27-54(41)65-55(42)35-43(52)56-38-17-6-5-16-36(38)32-53-57(56)62(64)50-25-15-24-48-58(50)63(53)51-26-13-12-23-47(51)61(48)44-21-10-7-18-39(44)40-19-8-11-22-45(40)61/h5-29,32-35H,30-31H2,1-4H3. The van der Waals surface area contributed by atoms with Gasteiger partial charge in [0.15, 0.2) is 0 Å². The number of hydrogen-bond donors (Lipinski definition) is 0. The van der Waals surface area contributed by atoms with Crippen molar-refractivity contribution in [2.24, 2.45) is 0 Å². The van der Waals surface area contributed by atoms with Gasteiger partial charge < -0.3 is 14.1 Å². The van der Waals surface area contributed by atoms with E-state index in [-0.39, 0.29) is 17.7 Å². The van der Waals surface area contributed by atoms with Crippen LogP contribution in [0.5, 0.6) is 0 Å². The molecular weight excluding hydrogens is 787 g/mol. The Balaban J connectivity index is 1.12. The molecule has 0 N–H and O–H groups in total. The molecule has 4 heteroatoms. The van der Waals surface area contributed by atoms with Gasteiger partial charge in [0.2, 0.25) is 0 Å². The van der Waals surface area contributed by atoms with E-state index in [0.717, 1.165) is 28.4 Å². The molecule has 10 aromatic rings. The Morgan fingerprint density at radius 1 is 0.462 bits per heavy atom. The van der Waals surface area contributed by atoms with Crippen molar-refractivity contribution in [3.63, 3.8) is 0 Å². The van der Waals surface area contributed by atoms with Crippen LogP contribution in [0, 0.1) is 0 Å². The predicted molar refractivity (Wildman–Crippen MR) is 271 cm³/mol. The molecule has 2 aliphatic carbocycles. The number of fused-ring (bicyclic) bond motifs is 19. The summed E-state index contributed by atoms with van der Waals surface area (Å²) in [6.45, 7) is 9.64. The molecule has 0 saturated carbocycles. The minimum atomic E-state index is -0.510. The first-order valence-electron chi connectivity index (χ1n) is 23.4. The minimum absolute atomic E-state index is 0.0398. The zero-order valence-corrected chi connectivity index (χ0v) is 37.0. The van der Waals surface area contributed by atoms with Gasteiger partial charge in [-0.1, -0.05) is 161 Å². The second-order valence-corrected chi connectivity index (χ2v) is 20.6. The van der Waals surface area contributed by atoms with Crippen molar-refractivity contribution in [1.29, 1.82) is 0 Å². The Morgan fingerprint density at radius 2 is 1.12 bits per heavy atom. The molecule has 5 aliphatic rings. The number of furan rings is 1. The van der Waals surface area contributed by atoms with Crippen molar-refractivity contribution < 1.29 is 4.42 Å². The van der Waals surface area contributed by atoms with Crippen LogP contribution in [0.1, 0.15) is 73.9 Å². The highest BCUT2D eigenvalue weighted by Gasteiger charge is 2.56. The lowest BCUT2D eigenvalue weighted by molar-refractivity contribution is 0.332. The molecule has 0 radical (unpaired) electrons. The molecule has 3 aliphatic heterocycles. The summed E-state index contributed by atoms with van der Waals surface area (Å²) in [6, 6.07) is 67.2. The average molecular weight is 833 g/mol. The fraction of sp³-hybridized carbons (Fsp3) is 0.148. The summed E-state index contributed by atoms with van der Waals surface area (Å²) in [4.78, 5) is 5.38. The van der Waals surface area contributed by atoms with Crippen LogP contribution in [0.25, 0.3) is 55.0 Å². The summed E-state index contributed by atoms with van der Waals surface area (Å²) in [6.07, 6.45) is 2.33. The molecule has 4 heterocycles. The lowest BCUT2D eigenvalue weighted by atomic mass is 9.42. The van der Waals surface area contributed by atoms with Crippen molar-refractivity contribution in [1.82, 2.24) is 0 Å². The summed E-state index contributed by atoms with van der Waals surface area (Å²) < 4.78 is 6.76. The van der Waals surface area contributed by atoms with Crippen molar-refractivity contribution in [3.05, 3.63) is 209 Å². The molecule has 1 aromatic heterocycles. The maximum atomic E-state index is 6.76. The van der Waals surface area contributed by atoms with Crippen molar-refractivity contribution in [2.75, 3.05) is 9.71 Å². The number of anilines is 5. The second kappa shape index (κ2) is 12.1. The summed E-state index contributed by atoms with van der Waals surface area (Å²) in [5.74, 6) is 0. The number of hydrogen-bond acceptors (Lipinski definition) is 3. The zero-order valence-electron chi connectivity index (χ0n) is 37.0. The molecule has 3 nitrogen and oxygen atoms in total. The van der Waals surface area contributed by atoms with E-state index >= 15 is 0 Å². The molecule has 0 unspecified atom stereocenters. The number of benzene rings is 9. The van der Waals surface area contributed by atoms with E-state index in [1.54, 1.807) is 0 Å². The van der Waals surface area contributed by atoms with Crippen LogP contribution >= 0.6 is 0 Å². The molecule has 0 bridgehead atoms. The predicted octanol–water partition coefficient (Wildman–Crippen LogP) is 14.5. The number of para-hydroxylation sites is 3. The molecule has 0 saturated heterocycles. The molecule has 0 atom stereocenters. The number of nitrogens with zero attached hydrogens (tertiary/aromatic N) is 2. The molecule has 15 rings (SSSR count). The fourth-order valence-corrected chi connectivity index (χ4v) is 13.5. The molecule has 0 amide bonds. The third-order valence-corrected chi connectivity index (χ3v) is 16.5. The SMILES string of the molecule is CC1(C)CCC(C)(C)c2cc(N3B4c5cccc6c5N(c5ccccc5C65c6ccccc6-c6ccccc65)c5cc6ccccc6c(c54)-c4cc5oc6ccccc6c5cc43)ccc21. The third kappa shape index (κ3) is 4.34. The maximum absolute atomic E-state index is 6.76. The zero-order chi connectivity index (χ0) is 43.1. The van der Waals surface area contributed by atoms with Crippen LogP contribution < -0.4 is 20.6 Å². The Kier molecular flexibility index (Phi) is 6.71. The van der Waals surface area contributed by atoms with E-state index < -0.39 is 5.41 Å². The summed E-state index contributed by atoms with van der Waals surface area (Å²) in [7, 11) is 0. The lowest BCUT2D eigenvalue weighted by Gasteiger charge is -2.52. The first-order chi connectivity index (χ1) is 31.7.